The first-order chi connectivity index (χ1) is 14.7. The minimum absolute atomic E-state index is 0.220. The average molecular weight is 435 g/mol. The van der Waals surface area contributed by atoms with E-state index in [-0.39, 0.29) is 23.8 Å². The topological polar surface area (TPSA) is 47.4 Å². The van der Waals surface area contributed by atoms with Gasteiger partial charge in [0, 0.05) is 31.9 Å². The Hall–Kier alpha value is -3.36. The minimum atomic E-state index is -4.80. The number of aromatic nitrogens is 2. The zero-order valence-electron chi connectivity index (χ0n) is 17.0. The quantitative estimate of drug-likeness (QED) is 0.481. The zero-order chi connectivity index (χ0) is 22.6. The predicted octanol–water partition coefficient (Wildman–Crippen LogP) is 5.18. The van der Waals surface area contributed by atoms with E-state index in [9.17, 15) is 22.4 Å². The summed E-state index contributed by atoms with van der Waals surface area (Å²) in [5, 5.41) is 0. The molecule has 0 spiro atoms. The molecule has 164 valence electrons. The molecule has 31 heavy (non-hydrogen) atoms. The summed E-state index contributed by atoms with van der Waals surface area (Å²) >= 11 is 0. The first kappa shape index (κ1) is 22.3. The molecule has 1 aromatic heterocycles. The van der Waals surface area contributed by atoms with E-state index >= 15 is 0 Å². The van der Waals surface area contributed by atoms with Crippen LogP contribution in [0.2, 0.25) is 0 Å². The molecular weight excluding hydrogens is 414 g/mol. The number of hydrogen-bond acceptors (Lipinski definition) is 3. The van der Waals surface area contributed by atoms with Gasteiger partial charge in [-0.25, -0.2) is 9.37 Å². The minimum Gasteiger partial charge on any atom is -0.406 e. The van der Waals surface area contributed by atoms with Gasteiger partial charge in [-0.15, -0.1) is 13.2 Å². The number of carbonyl (C=O) groups excluding carboxylic acids is 1. The van der Waals surface area contributed by atoms with Crippen LogP contribution in [0.3, 0.4) is 0 Å². The number of aryl methyl sites for hydroxylation is 1. The van der Waals surface area contributed by atoms with Crippen molar-refractivity contribution in [3.05, 3.63) is 72.1 Å². The number of imidazole rings is 1. The van der Waals surface area contributed by atoms with E-state index in [1.807, 2.05) is 6.92 Å². The second-order valence-corrected chi connectivity index (χ2v) is 7.04. The fourth-order valence-electron chi connectivity index (χ4n) is 3.16. The Morgan fingerprint density at radius 3 is 2.45 bits per heavy atom. The normalized spacial score (nSPS) is 11.4. The SMILES string of the molecule is CCCN(Cc1ccc(F)c(-c2ccc(OC(F)(F)F)cc2)c1)C(=O)c1cn(C)cn1. The van der Waals surface area contributed by atoms with Crippen LogP contribution < -0.4 is 4.74 Å². The molecule has 0 saturated carbocycles. The molecule has 0 radical (unpaired) electrons. The smallest absolute Gasteiger partial charge is 0.406 e. The molecular formula is C22H21F4N3O2. The number of carbonyl (C=O) groups is 1. The fraction of sp³-hybridized carbons (Fsp3) is 0.273. The van der Waals surface area contributed by atoms with Gasteiger partial charge in [0.2, 0.25) is 0 Å². The van der Waals surface area contributed by atoms with Crippen LogP contribution in [0, 0.1) is 5.82 Å². The van der Waals surface area contributed by atoms with Crippen LogP contribution in [-0.4, -0.2) is 33.3 Å². The predicted molar refractivity (Wildman–Crippen MR) is 107 cm³/mol. The van der Waals surface area contributed by atoms with Gasteiger partial charge < -0.3 is 14.2 Å². The maximum Gasteiger partial charge on any atom is 0.573 e. The number of alkyl halides is 3. The van der Waals surface area contributed by atoms with Crippen molar-refractivity contribution in [2.45, 2.75) is 26.3 Å². The van der Waals surface area contributed by atoms with Gasteiger partial charge in [0.25, 0.3) is 5.91 Å². The number of nitrogens with zero attached hydrogens (tertiary/aromatic N) is 3. The Labute approximate surface area is 176 Å². The van der Waals surface area contributed by atoms with Crippen LogP contribution in [0.1, 0.15) is 29.4 Å². The first-order valence-electron chi connectivity index (χ1n) is 9.58. The number of benzene rings is 2. The molecule has 1 amide bonds. The molecule has 0 fully saturated rings. The second kappa shape index (κ2) is 9.20. The molecule has 0 N–H and O–H groups in total. The number of halogens is 4. The van der Waals surface area contributed by atoms with Crippen LogP contribution in [0.25, 0.3) is 11.1 Å². The fourth-order valence-corrected chi connectivity index (χ4v) is 3.16. The van der Waals surface area contributed by atoms with Crippen molar-refractivity contribution in [3.63, 3.8) is 0 Å². The van der Waals surface area contributed by atoms with E-state index in [2.05, 4.69) is 9.72 Å². The summed E-state index contributed by atoms with van der Waals surface area (Å²) in [6.45, 7) is 2.68. The number of ether oxygens (including phenoxy) is 1. The van der Waals surface area contributed by atoms with Crippen LogP contribution in [0.5, 0.6) is 5.75 Å². The summed E-state index contributed by atoms with van der Waals surface area (Å²) in [6, 6.07) is 9.40. The molecule has 3 rings (SSSR count). The first-order valence-corrected chi connectivity index (χ1v) is 9.58. The lowest BCUT2D eigenvalue weighted by atomic mass is 10.0. The van der Waals surface area contributed by atoms with E-state index in [0.717, 1.165) is 18.6 Å². The molecule has 2 aromatic carbocycles. The molecule has 9 heteroatoms. The molecule has 0 aliphatic rings. The van der Waals surface area contributed by atoms with Crippen molar-refractivity contribution in [2.24, 2.45) is 7.05 Å². The van der Waals surface area contributed by atoms with Gasteiger partial charge >= 0.3 is 6.36 Å². The van der Waals surface area contributed by atoms with E-state index in [1.54, 1.807) is 41.2 Å². The average Bonchev–Trinajstić information content (AvgIpc) is 3.14. The molecule has 0 aliphatic carbocycles. The highest BCUT2D eigenvalue weighted by Gasteiger charge is 2.31. The van der Waals surface area contributed by atoms with Crippen LogP contribution >= 0.6 is 0 Å². The van der Waals surface area contributed by atoms with Crippen LogP contribution in [0.15, 0.2) is 55.0 Å². The highest BCUT2D eigenvalue weighted by Crippen LogP contribution is 2.29. The Balaban J connectivity index is 1.83. The van der Waals surface area contributed by atoms with Crippen LogP contribution in [0.4, 0.5) is 17.6 Å². The summed E-state index contributed by atoms with van der Waals surface area (Å²) in [4.78, 5) is 18.5. The third kappa shape index (κ3) is 5.84. The molecule has 0 saturated heterocycles. The monoisotopic (exact) mass is 435 g/mol. The van der Waals surface area contributed by atoms with Crippen LogP contribution in [-0.2, 0) is 13.6 Å². The Kier molecular flexibility index (Phi) is 6.62. The van der Waals surface area contributed by atoms with Gasteiger partial charge in [-0.05, 0) is 41.8 Å². The number of hydrogen-bond donors (Lipinski definition) is 0. The van der Waals surface area contributed by atoms with Crippen molar-refractivity contribution in [3.8, 4) is 16.9 Å². The molecule has 5 nitrogen and oxygen atoms in total. The van der Waals surface area contributed by atoms with E-state index in [1.165, 1.54) is 18.2 Å². The van der Waals surface area contributed by atoms with Crippen molar-refractivity contribution in [1.82, 2.24) is 14.5 Å². The lowest BCUT2D eigenvalue weighted by Crippen LogP contribution is -2.31. The van der Waals surface area contributed by atoms with E-state index < -0.39 is 12.2 Å². The van der Waals surface area contributed by atoms with E-state index in [4.69, 9.17) is 0 Å². The van der Waals surface area contributed by atoms with Crippen molar-refractivity contribution in [2.75, 3.05) is 6.54 Å². The van der Waals surface area contributed by atoms with Gasteiger partial charge in [0.1, 0.15) is 17.3 Å². The third-order valence-corrected chi connectivity index (χ3v) is 4.51. The number of amides is 1. The Bertz CT molecular complexity index is 1050. The van der Waals surface area contributed by atoms with Gasteiger partial charge in [-0.1, -0.05) is 25.1 Å². The van der Waals surface area contributed by atoms with Crippen molar-refractivity contribution < 1.29 is 27.1 Å². The molecule has 0 bridgehead atoms. The summed E-state index contributed by atoms with van der Waals surface area (Å²) in [7, 11) is 1.77. The molecule has 0 unspecified atom stereocenters. The van der Waals surface area contributed by atoms with E-state index in [0.29, 0.717) is 23.4 Å². The highest BCUT2D eigenvalue weighted by atomic mass is 19.4. The lowest BCUT2D eigenvalue weighted by molar-refractivity contribution is -0.274. The lowest BCUT2D eigenvalue weighted by Gasteiger charge is -2.22. The van der Waals surface area contributed by atoms with Gasteiger partial charge in [0.15, 0.2) is 0 Å². The zero-order valence-corrected chi connectivity index (χ0v) is 17.0. The standard InChI is InChI=1S/C22H21F4N3O2/c1-3-10-29(21(30)20-13-28(2)14-27-20)12-15-4-9-19(23)18(11-15)16-5-7-17(8-6-16)31-22(24,25)26/h4-9,11,13-14H,3,10,12H2,1-2H3. The Morgan fingerprint density at radius 1 is 1.16 bits per heavy atom. The third-order valence-electron chi connectivity index (χ3n) is 4.51. The molecule has 0 atom stereocenters. The highest BCUT2D eigenvalue weighted by molar-refractivity contribution is 5.92. The summed E-state index contributed by atoms with van der Waals surface area (Å²) in [5.41, 5.74) is 1.62. The molecule has 3 aromatic rings. The van der Waals surface area contributed by atoms with Crippen molar-refractivity contribution in [1.29, 1.82) is 0 Å². The summed E-state index contributed by atoms with van der Waals surface area (Å²) in [6.07, 6.45) is -0.895. The maximum absolute atomic E-state index is 14.4. The van der Waals surface area contributed by atoms with Gasteiger partial charge in [-0.3, -0.25) is 4.79 Å². The number of rotatable bonds is 7. The van der Waals surface area contributed by atoms with Gasteiger partial charge in [-0.2, -0.15) is 0 Å². The second-order valence-electron chi connectivity index (χ2n) is 7.04. The largest absolute Gasteiger partial charge is 0.573 e. The summed E-state index contributed by atoms with van der Waals surface area (Å²) < 4.78 is 57.0. The van der Waals surface area contributed by atoms with Crippen molar-refractivity contribution >= 4 is 5.91 Å². The molecule has 1 heterocycles. The Morgan fingerprint density at radius 2 is 1.87 bits per heavy atom. The summed E-state index contributed by atoms with van der Waals surface area (Å²) in [5.74, 6) is -1.14. The van der Waals surface area contributed by atoms with Gasteiger partial charge in [0.05, 0.1) is 6.33 Å². The maximum atomic E-state index is 14.4. The molecule has 0 aliphatic heterocycles.